The monoisotopic (exact) mass is 282 g/mol. The van der Waals surface area contributed by atoms with E-state index in [9.17, 15) is 21.6 Å². The molecule has 4 nitrogen and oxygen atoms in total. The molecule has 0 heterocycles. The van der Waals surface area contributed by atoms with Crippen molar-refractivity contribution in [3.8, 4) is 0 Å². The second-order valence-electron chi connectivity index (χ2n) is 3.62. The van der Waals surface area contributed by atoms with Crippen LogP contribution in [0.4, 0.5) is 13.2 Å². The summed E-state index contributed by atoms with van der Waals surface area (Å²) in [6.45, 7) is -1.17. The summed E-state index contributed by atoms with van der Waals surface area (Å²) in [5.41, 5.74) is 6.15. The Morgan fingerprint density at radius 1 is 1.17 bits per heavy atom. The average molecular weight is 282 g/mol. The molecule has 0 fully saturated rings. The van der Waals surface area contributed by atoms with Gasteiger partial charge in [-0.15, -0.1) is 0 Å². The van der Waals surface area contributed by atoms with E-state index in [-0.39, 0.29) is 4.90 Å². The summed E-state index contributed by atoms with van der Waals surface area (Å²) in [6, 6.07) is 5.55. The van der Waals surface area contributed by atoms with E-state index in [1.165, 1.54) is 29.0 Å². The fraction of sp³-hybridized carbons (Fsp3) is 0.400. The van der Waals surface area contributed by atoms with Crippen molar-refractivity contribution in [3.05, 3.63) is 29.8 Å². The first-order chi connectivity index (χ1) is 8.24. The molecule has 0 unspecified atom stereocenters. The minimum atomic E-state index is -4.58. The van der Waals surface area contributed by atoms with Gasteiger partial charge in [0.25, 0.3) is 0 Å². The number of benzene rings is 1. The number of halogens is 3. The molecule has 18 heavy (non-hydrogen) atoms. The van der Waals surface area contributed by atoms with Gasteiger partial charge in [-0.05, 0) is 30.7 Å². The van der Waals surface area contributed by atoms with E-state index in [0.29, 0.717) is 13.0 Å². The van der Waals surface area contributed by atoms with Crippen molar-refractivity contribution < 1.29 is 21.6 Å². The lowest BCUT2D eigenvalue weighted by molar-refractivity contribution is -0.121. The maximum Gasteiger partial charge on any atom is 0.402 e. The summed E-state index contributed by atoms with van der Waals surface area (Å²) in [5.74, 6) is 0. The van der Waals surface area contributed by atoms with Crippen LogP contribution in [0, 0.1) is 0 Å². The molecular formula is C10H13F3N2O2S. The number of sulfonamides is 1. The summed E-state index contributed by atoms with van der Waals surface area (Å²) >= 11 is 0. The first-order valence-electron chi connectivity index (χ1n) is 5.10. The van der Waals surface area contributed by atoms with Crippen molar-refractivity contribution in [2.24, 2.45) is 5.73 Å². The van der Waals surface area contributed by atoms with E-state index in [1.54, 1.807) is 0 Å². The lowest BCUT2D eigenvalue weighted by Crippen LogP contribution is -2.33. The number of hydrogen-bond acceptors (Lipinski definition) is 3. The first-order valence-corrected chi connectivity index (χ1v) is 6.58. The third-order valence-corrected chi connectivity index (χ3v) is 3.55. The number of alkyl halides is 3. The van der Waals surface area contributed by atoms with Crippen molar-refractivity contribution >= 4 is 10.0 Å². The Bertz CT molecular complexity index is 483. The van der Waals surface area contributed by atoms with E-state index in [0.717, 1.165) is 5.56 Å². The lowest BCUT2D eigenvalue weighted by Gasteiger charge is -2.09. The van der Waals surface area contributed by atoms with E-state index >= 15 is 0 Å². The van der Waals surface area contributed by atoms with Crippen LogP contribution in [0.3, 0.4) is 0 Å². The van der Waals surface area contributed by atoms with Crippen LogP contribution in [-0.2, 0) is 16.4 Å². The third kappa shape index (κ3) is 4.63. The lowest BCUT2D eigenvalue weighted by atomic mass is 10.2. The van der Waals surface area contributed by atoms with Crippen LogP contribution in [0.2, 0.25) is 0 Å². The Kier molecular flexibility index (Phi) is 4.71. The summed E-state index contributed by atoms with van der Waals surface area (Å²) in [5, 5.41) is 0. The molecule has 0 saturated heterocycles. The fourth-order valence-electron chi connectivity index (χ4n) is 1.26. The normalized spacial score (nSPS) is 12.7. The number of nitrogens with one attached hydrogen (secondary N) is 1. The highest BCUT2D eigenvalue weighted by atomic mass is 32.2. The molecule has 1 aromatic rings. The topological polar surface area (TPSA) is 72.2 Å². The molecule has 0 amide bonds. The molecule has 0 spiro atoms. The summed E-state index contributed by atoms with van der Waals surface area (Å²) in [4.78, 5) is -0.201. The molecule has 1 rings (SSSR count). The van der Waals surface area contributed by atoms with Crippen LogP contribution >= 0.6 is 0 Å². The van der Waals surface area contributed by atoms with Gasteiger partial charge in [-0.25, -0.2) is 13.1 Å². The molecule has 102 valence electrons. The second kappa shape index (κ2) is 5.68. The van der Waals surface area contributed by atoms with E-state index < -0.39 is 22.7 Å². The Morgan fingerprint density at radius 2 is 1.72 bits per heavy atom. The second-order valence-corrected chi connectivity index (χ2v) is 5.39. The Hall–Kier alpha value is -1.12. The molecule has 1 aromatic carbocycles. The van der Waals surface area contributed by atoms with Crippen LogP contribution in [0.25, 0.3) is 0 Å². The van der Waals surface area contributed by atoms with Crippen LogP contribution < -0.4 is 10.5 Å². The summed E-state index contributed by atoms with van der Waals surface area (Å²) < 4.78 is 60.3. The van der Waals surface area contributed by atoms with Crippen molar-refractivity contribution in [1.82, 2.24) is 4.72 Å². The standard InChI is InChI=1S/C10H13F3N2O2S/c11-10(12,13)7-15-18(16,17)9-3-1-8(2-4-9)5-6-14/h1-4,15H,5-7,14H2. The van der Waals surface area contributed by atoms with E-state index in [2.05, 4.69) is 0 Å². The predicted molar refractivity (Wildman–Crippen MR) is 60.4 cm³/mol. The predicted octanol–water partition coefficient (Wildman–Crippen LogP) is 1.03. The summed E-state index contributed by atoms with van der Waals surface area (Å²) in [7, 11) is -4.13. The van der Waals surface area contributed by atoms with Gasteiger partial charge in [-0.1, -0.05) is 12.1 Å². The molecule has 0 radical (unpaired) electrons. The minimum absolute atomic E-state index is 0.201. The molecule has 0 saturated carbocycles. The van der Waals surface area contributed by atoms with Gasteiger partial charge >= 0.3 is 6.18 Å². The highest BCUT2D eigenvalue weighted by molar-refractivity contribution is 7.89. The number of rotatable bonds is 5. The zero-order chi connectivity index (χ0) is 13.8. The average Bonchev–Trinajstić information content (AvgIpc) is 2.27. The van der Waals surface area contributed by atoms with E-state index in [1.807, 2.05) is 0 Å². The van der Waals surface area contributed by atoms with Crippen LogP contribution in [0.15, 0.2) is 29.2 Å². The maximum absolute atomic E-state index is 11.9. The van der Waals surface area contributed by atoms with Gasteiger partial charge in [-0.2, -0.15) is 13.2 Å². The van der Waals surface area contributed by atoms with Gasteiger partial charge in [0.1, 0.15) is 6.54 Å². The largest absolute Gasteiger partial charge is 0.402 e. The van der Waals surface area contributed by atoms with Crippen molar-refractivity contribution in [2.75, 3.05) is 13.1 Å². The van der Waals surface area contributed by atoms with Crippen molar-refractivity contribution in [3.63, 3.8) is 0 Å². The molecule has 0 bridgehead atoms. The third-order valence-electron chi connectivity index (χ3n) is 2.13. The Balaban J connectivity index is 2.79. The molecule has 0 aromatic heterocycles. The zero-order valence-electron chi connectivity index (χ0n) is 9.37. The molecule has 0 aliphatic carbocycles. The van der Waals surface area contributed by atoms with E-state index in [4.69, 9.17) is 5.73 Å². The maximum atomic E-state index is 11.9. The number of hydrogen-bond donors (Lipinski definition) is 2. The Morgan fingerprint density at radius 3 is 2.17 bits per heavy atom. The Labute approximate surface area is 103 Å². The molecule has 3 N–H and O–H groups in total. The molecular weight excluding hydrogens is 269 g/mol. The molecule has 0 aliphatic rings. The van der Waals surface area contributed by atoms with Gasteiger partial charge in [-0.3, -0.25) is 0 Å². The van der Waals surface area contributed by atoms with Crippen LogP contribution in [0.1, 0.15) is 5.56 Å². The fourth-order valence-corrected chi connectivity index (χ4v) is 2.28. The first kappa shape index (κ1) is 14.9. The smallest absolute Gasteiger partial charge is 0.330 e. The zero-order valence-corrected chi connectivity index (χ0v) is 10.2. The molecule has 0 aliphatic heterocycles. The minimum Gasteiger partial charge on any atom is -0.330 e. The molecule has 8 heteroatoms. The van der Waals surface area contributed by atoms with Gasteiger partial charge in [0.05, 0.1) is 4.90 Å². The SMILES string of the molecule is NCCc1ccc(S(=O)(=O)NCC(F)(F)F)cc1. The van der Waals surface area contributed by atoms with Gasteiger partial charge in [0, 0.05) is 0 Å². The highest BCUT2D eigenvalue weighted by Gasteiger charge is 2.29. The number of nitrogens with two attached hydrogens (primary N) is 1. The quantitative estimate of drug-likeness (QED) is 0.847. The van der Waals surface area contributed by atoms with Gasteiger partial charge in [0.2, 0.25) is 10.0 Å². The summed E-state index contributed by atoms with van der Waals surface area (Å²) in [6.07, 6.45) is -4.00. The molecule has 0 atom stereocenters. The highest BCUT2D eigenvalue weighted by Crippen LogP contribution is 2.15. The van der Waals surface area contributed by atoms with Crippen LogP contribution in [0.5, 0.6) is 0 Å². The van der Waals surface area contributed by atoms with Crippen molar-refractivity contribution in [2.45, 2.75) is 17.5 Å². The van der Waals surface area contributed by atoms with Crippen LogP contribution in [-0.4, -0.2) is 27.7 Å². The van der Waals surface area contributed by atoms with Gasteiger partial charge < -0.3 is 5.73 Å². The van der Waals surface area contributed by atoms with Gasteiger partial charge in [0.15, 0.2) is 0 Å². The van der Waals surface area contributed by atoms with Crippen molar-refractivity contribution in [1.29, 1.82) is 0 Å².